The number of anilines is 1. The number of rotatable bonds is 3. The average molecular weight is 311 g/mol. The molecule has 1 unspecified atom stereocenters. The molecule has 17 heavy (non-hydrogen) atoms. The molecule has 1 aromatic heterocycles. The zero-order valence-corrected chi connectivity index (χ0v) is 12.4. The summed E-state index contributed by atoms with van der Waals surface area (Å²) in [5.74, 6) is 0.807. The lowest BCUT2D eigenvalue weighted by Crippen LogP contribution is -2.06. The summed E-state index contributed by atoms with van der Waals surface area (Å²) in [6.45, 7) is 5.71. The fourth-order valence-electron chi connectivity index (χ4n) is 2.11. The zero-order chi connectivity index (χ0) is 12.0. The van der Waals surface area contributed by atoms with Crippen LogP contribution in [0.5, 0.6) is 0 Å². The quantitative estimate of drug-likeness (QED) is 0.901. The molecule has 4 heteroatoms. The molecule has 3 rings (SSSR count). The third-order valence-electron chi connectivity index (χ3n) is 3.57. The highest BCUT2D eigenvalue weighted by atomic mass is 79.9. The van der Waals surface area contributed by atoms with Crippen LogP contribution in [-0.2, 0) is 0 Å². The number of aromatic nitrogens is 1. The van der Waals surface area contributed by atoms with Gasteiger partial charge in [-0.15, -0.1) is 0 Å². The molecule has 1 atom stereocenters. The second-order valence-corrected chi connectivity index (χ2v) is 7.35. The van der Waals surface area contributed by atoms with E-state index in [0.717, 1.165) is 27.6 Å². The molecule has 0 amide bonds. The summed E-state index contributed by atoms with van der Waals surface area (Å²) >= 11 is 5.22. The molecule has 1 heterocycles. The number of halogens is 1. The monoisotopic (exact) mass is 310 g/mol. The van der Waals surface area contributed by atoms with E-state index in [0.29, 0.717) is 5.41 Å². The minimum absolute atomic E-state index is 0.534. The van der Waals surface area contributed by atoms with Gasteiger partial charge in [-0.25, -0.2) is 4.98 Å². The first kappa shape index (κ1) is 11.5. The van der Waals surface area contributed by atoms with E-state index in [-0.39, 0.29) is 0 Å². The van der Waals surface area contributed by atoms with Crippen LogP contribution in [0.2, 0.25) is 0 Å². The Hall–Kier alpha value is -0.610. The van der Waals surface area contributed by atoms with Gasteiger partial charge < -0.3 is 5.32 Å². The Morgan fingerprint density at radius 2 is 2.29 bits per heavy atom. The van der Waals surface area contributed by atoms with Crippen LogP contribution in [0.15, 0.2) is 22.7 Å². The third-order valence-corrected chi connectivity index (χ3v) is 5.04. The normalized spacial score (nSPS) is 21.7. The van der Waals surface area contributed by atoms with Crippen molar-refractivity contribution in [3.63, 3.8) is 0 Å². The smallest absolute Gasteiger partial charge is 0.183 e. The number of nitrogens with one attached hydrogen (secondary N) is 1. The molecule has 1 N–H and O–H groups in total. The van der Waals surface area contributed by atoms with Crippen molar-refractivity contribution < 1.29 is 0 Å². The predicted molar refractivity (Wildman–Crippen MR) is 77.7 cm³/mol. The first-order valence-electron chi connectivity index (χ1n) is 5.84. The maximum absolute atomic E-state index is 4.59. The third kappa shape index (κ3) is 2.33. The van der Waals surface area contributed by atoms with E-state index in [1.165, 1.54) is 11.1 Å². The second-order valence-electron chi connectivity index (χ2n) is 5.40. The SMILES string of the molecule is CC1(C)CC1CNc1nc2ccc(Br)cc2s1. The van der Waals surface area contributed by atoms with Gasteiger partial charge in [-0.1, -0.05) is 41.1 Å². The summed E-state index contributed by atoms with van der Waals surface area (Å²) in [5.41, 5.74) is 1.61. The molecule has 0 aliphatic heterocycles. The molecular weight excluding hydrogens is 296 g/mol. The van der Waals surface area contributed by atoms with Crippen molar-refractivity contribution in [1.29, 1.82) is 0 Å². The molecule has 1 aliphatic rings. The van der Waals surface area contributed by atoms with Crippen LogP contribution < -0.4 is 5.32 Å². The maximum Gasteiger partial charge on any atom is 0.183 e. The van der Waals surface area contributed by atoms with E-state index < -0.39 is 0 Å². The molecule has 0 radical (unpaired) electrons. The zero-order valence-electron chi connectivity index (χ0n) is 9.96. The molecule has 1 saturated carbocycles. The molecular formula is C13H15BrN2S. The van der Waals surface area contributed by atoms with E-state index in [2.05, 4.69) is 52.2 Å². The summed E-state index contributed by atoms with van der Waals surface area (Å²) < 4.78 is 2.35. The Labute approximate surface area is 114 Å². The summed E-state index contributed by atoms with van der Waals surface area (Å²) in [6, 6.07) is 6.22. The molecule has 0 bridgehead atoms. The van der Waals surface area contributed by atoms with E-state index in [1.54, 1.807) is 11.3 Å². The summed E-state index contributed by atoms with van der Waals surface area (Å²) in [7, 11) is 0. The van der Waals surface area contributed by atoms with Gasteiger partial charge in [0, 0.05) is 11.0 Å². The van der Waals surface area contributed by atoms with Gasteiger partial charge in [0.2, 0.25) is 0 Å². The maximum atomic E-state index is 4.59. The van der Waals surface area contributed by atoms with E-state index in [9.17, 15) is 0 Å². The lowest BCUT2D eigenvalue weighted by molar-refractivity contribution is 0.573. The summed E-state index contributed by atoms with van der Waals surface area (Å²) in [4.78, 5) is 4.59. The van der Waals surface area contributed by atoms with Crippen molar-refractivity contribution in [3.8, 4) is 0 Å². The van der Waals surface area contributed by atoms with Gasteiger partial charge in [-0.3, -0.25) is 0 Å². The van der Waals surface area contributed by atoms with Gasteiger partial charge in [0.15, 0.2) is 5.13 Å². The number of hydrogen-bond acceptors (Lipinski definition) is 3. The minimum Gasteiger partial charge on any atom is -0.361 e. The number of thiazole rings is 1. The molecule has 2 aromatic rings. The van der Waals surface area contributed by atoms with Crippen LogP contribution in [0.3, 0.4) is 0 Å². The van der Waals surface area contributed by atoms with Gasteiger partial charge in [-0.05, 0) is 36.0 Å². The first-order valence-corrected chi connectivity index (χ1v) is 7.45. The lowest BCUT2D eigenvalue weighted by Gasteiger charge is -2.03. The number of benzene rings is 1. The van der Waals surface area contributed by atoms with Gasteiger partial charge >= 0.3 is 0 Å². The van der Waals surface area contributed by atoms with Crippen molar-refractivity contribution in [1.82, 2.24) is 4.98 Å². The Bertz CT molecular complexity index is 562. The summed E-state index contributed by atoms with van der Waals surface area (Å²) in [5, 5.41) is 4.51. The van der Waals surface area contributed by atoms with Crippen LogP contribution in [0, 0.1) is 11.3 Å². The highest BCUT2D eigenvalue weighted by Crippen LogP contribution is 2.51. The van der Waals surface area contributed by atoms with Crippen LogP contribution in [-0.4, -0.2) is 11.5 Å². The van der Waals surface area contributed by atoms with Gasteiger partial charge in [0.05, 0.1) is 10.2 Å². The van der Waals surface area contributed by atoms with Gasteiger partial charge in [0.1, 0.15) is 0 Å². The largest absolute Gasteiger partial charge is 0.361 e. The Balaban J connectivity index is 1.73. The standard InChI is InChI=1S/C13H15BrN2S/c1-13(2)6-8(13)7-15-12-16-10-4-3-9(14)5-11(10)17-12/h3-5,8H,6-7H2,1-2H3,(H,15,16). The van der Waals surface area contributed by atoms with E-state index in [4.69, 9.17) is 0 Å². The fourth-order valence-corrected chi connectivity index (χ4v) is 3.53. The van der Waals surface area contributed by atoms with Crippen LogP contribution >= 0.6 is 27.3 Å². The predicted octanol–water partition coefficient (Wildman–Crippen LogP) is 4.52. The number of hydrogen-bond donors (Lipinski definition) is 1. The Morgan fingerprint density at radius 1 is 1.53 bits per heavy atom. The topological polar surface area (TPSA) is 24.9 Å². The Morgan fingerprint density at radius 3 is 3.00 bits per heavy atom. The summed E-state index contributed by atoms with van der Waals surface area (Å²) in [6.07, 6.45) is 1.33. The lowest BCUT2D eigenvalue weighted by atomic mass is 10.1. The van der Waals surface area contributed by atoms with Crippen molar-refractivity contribution in [2.24, 2.45) is 11.3 Å². The van der Waals surface area contributed by atoms with Crippen LogP contribution in [0.1, 0.15) is 20.3 Å². The van der Waals surface area contributed by atoms with Crippen molar-refractivity contribution >= 4 is 42.6 Å². The average Bonchev–Trinajstić information content (AvgIpc) is 2.71. The van der Waals surface area contributed by atoms with Crippen molar-refractivity contribution in [3.05, 3.63) is 22.7 Å². The van der Waals surface area contributed by atoms with Crippen LogP contribution in [0.4, 0.5) is 5.13 Å². The van der Waals surface area contributed by atoms with Crippen molar-refractivity contribution in [2.75, 3.05) is 11.9 Å². The van der Waals surface area contributed by atoms with Crippen molar-refractivity contribution in [2.45, 2.75) is 20.3 Å². The van der Waals surface area contributed by atoms with E-state index in [1.807, 2.05) is 6.07 Å². The number of fused-ring (bicyclic) bond motifs is 1. The fraction of sp³-hybridized carbons (Fsp3) is 0.462. The van der Waals surface area contributed by atoms with Crippen LogP contribution in [0.25, 0.3) is 10.2 Å². The molecule has 0 spiro atoms. The Kier molecular flexibility index (Phi) is 2.67. The first-order chi connectivity index (χ1) is 8.04. The molecule has 1 fully saturated rings. The molecule has 0 saturated heterocycles. The highest BCUT2D eigenvalue weighted by molar-refractivity contribution is 9.10. The minimum atomic E-state index is 0.534. The number of nitrogens with zero attached hydrogens (tertiary/aromatic N) is 1. The van der Waals surface area contributed by atoms with Gasteiger partial charge in [0.25, 0.3) is 0 Å². The molecule has 1 aromatic carbocycles. The second kappa shape index (κ2) is 3.95. The molecule has 1 aliphatic carbocycles. The highest BCUT2D eigenvalue weighted by Gasteiger charge is 2.45. The molecule has 2 nitrogen and oxygen atoms in total. The van der Waals surface area contributed by atoms with E-state index >= 15 is 0 Å². The molecule has 90 valence electrons. The van der Waals surface area contributed by atoms with Gasteiger partial charge in [-0.2, -0.15) is 0 Å².